The monoisotopic (exact) mass is 240 g/mol. The first-order chi connectivity index (χ1) is 8.20. The van der Waals surface area contributed by atoms with Crippen molar-refractivity contribution in [1.82, 2.24) is 10.2 Å². The molecule has 2 rings (SSSR count). The molecule has 0 spiro atoms. The van der Waals surface area contributed by atoms with Crippen LogP contribution in [0, 0.1) is 0 Å². The zero-order chi connectivity index (χ0) is 12.3. The van der Waals surface area contributed by atoms with Gasteiger partial charge in [-0.15, -0.1) is 0 Å². The smallest absolute Gasteiger partial charge is 0.0726 e. The second kappa shape index (κ2) is 6.17. The van der Waals surface area contributed by atoms with Crippen LogP contribution in [0.25, 0.3) is 0 Å². The van der Waals surface area contributed by atoms with E-state index in [2.05, 4.69) is 24.1 Å². The molecule has 4 atom stereocenters. The molecule has 4 unspecified atom stereocenters. The Morgan fingerprint density at radius 1 is 1.00 bits per heavy atom. The third kappa shape index (κ3) is 3.43. The minimum Gasteiger partial charge on any atom is -0.380 e. The lowest BCUT2D eigenvalue weighted by atomic mass is 10.1. The van der Waals surface area contributed by atoms with Crippen LogP contribution in [0.1, 0.15) is 46.0 Å². The van der Waals surface area contributed by atoms with Crippen molar-refractivity contribution >= 4 is 0 Å². The van der Waals surface area contributed by atoms with E-state index in [0.29, 0.717) is 24.2 Å². The van der Waals surface area contributed by atoms with E-state index < -0.39 is 0 Å². The molecule has 17 heavy (non-hydrogen) atoms. The molecule has 0 bridgehead atoms. The molecule has 2 aliphatic rings. The van der Waals surface area contributed by atoms with E-state index in [-0.39, 0.29) is 0 Å². The summed E-state index contributed by atoms with van der Waals surface area (Å²) in [7, 11) is 1.87. The zero-order valence-corrected chi connectivity index (χ0v) is 11.6. The van der Waals surface area contributed by atoms with Crippen LogP contribution in [0.15, 0.2) is 0 Å². The Morgan fingerprint density at radius 3 is 2.24 bits per heavy atom. The molecule has 2 fully saturated rings. The Hall–Kier alpha value is -0.120. The van der Waals surface area contributed by atoms with E-state index in [1.165, 1.54) is 45.2 Å². The first-order valence-corrected chi connectivity index (χ1v) is 7.23. The molecule has 3 heteroatoms. The van der Waals surface area contributed by atoms with Crippen LogP contribution in [0.3, 0.4) is 0 Å². The summed E-state index contributed by atoms with van der Waals surface area (Å²) in [5.41, 5.74) is 0. The predicted molar refractivity (Wildman–Crippen MR) is 71.3 cm³/mol. The van der Waals surface area contributed by atoms with Gasteiger partial charge in [0.05, 0.1) is 6.10 Å². The van der Waals surface area contributed by atoms with Gasteiger partial charge in [0, 0.05) is 38.3 Å². The molecule has 0 radical (unpaired) electrons. The standard InChI is InChI=1S/C14H28N2O/c1-11-7-9-16(10-8-12(2)15-11)13-5-4-6-14(13)17-3/h11-15H,4-10H2,1-3H3. The highest BCUT2D eigenvalue weighted by molar-refractivity contribution is 4.88. The van der Waals surface area contributed by atoms with Crippen molar-refractivity contribution in [3.05, 3.63) is 0 Å². The van der Waals surface area contributed by atoms with E-state index in [0.717, 1.165) is 0 Å². The van der Waals surface area contributed by atoms with Crippen LogP contribution in [0.2, 0.25) is 0 Å². The molecule has 1 aliphatic carbocycles. The van der Waals surface area contributed by atoms with Gasteiger partial charge in [0.1, 0.15) is 0 Å². The Bertz CT molecular complexity index is 222. The number of rotatable bonds is 2. The molecule has 3 nitrogen and oxygen atoms in total. The Balaban J connectivity index is 1.94. The number of hydrogen-bond acceptors (Lipinski definition) is 3. The van der Waals surface area contributed by atoms with E-state index in [1.807, 2.05) is 7.11 Å². The minimum absolute atomic E-state index is 0.480. The van der Waals surface area contributed by atoms with Gasteiger partial charge in [-0.25, -0.2) is 0 Å². The number of nitrogens with one attached hydrogen (secondary N) is 1. The summed E-state index contributed by atoms with van der Waals surface area (Å²) in [6.07, 6.45) is 6.92. The van der Waals surface area contributed by atoms with Crippen molar-refractivity contribution in [2.75, 3.05) is 20.2 Å². The van der Waals surface area contributed by atoms with Gasteiger partial charge >= 0.3 is 0 Å². The molecule has 0 aromatic carbocycles. The first kappa shape index (κ1) is 13.3. The highest BCUT2D eigenvalue weighted by Crippen LogP contribution is 2.27. The van der Waals surface area contributed by atoms with Crippen LogP contribution < -0.4 is 5.32 Å². The molecule has 0 amide bonds. The summed E-state index contributed by atoms with van der Waals surface area (Å²) in [5, 5.41) is 3.66. The minimum atomic E-state index is 0.480. The quantitative estimate of drug-likeness (QED) is 0.799. The normalized spacial score (nSPS) is 41.1. The number of hydrogen-bond donors (Lipinski definition) is 1. The molecule has 0 aromatic rings. The van der Waals surface area contributed by atoms with E-state index in [1.54, 1.807) is 0 Å². The molecule has 100 valence electrons. The molecule has 1 heterocycles. The predicted octanol–water partition coefficient (Wildman–Crippen LogP) is 2.02. The van der Waals surface area contributed by atoms with Crippen molar-refractivity contribution in [1.29, 1.82) is 0 Å². The number of nitrogens with zero attached hydrogens (tertiary/aromatic N) is 1. The summed E-state index contributed by atoms with van der Waals surface area (Å²) < 4.78 is 5.65. The maximum absolute atomic E-state index is 5.65. The largest absolute Gasteiger partial charge is 0.380 e. The molecule has 1 aliphatic heterocycles. The van der Waals surface area contributed by atoms with Gasteiger partial charge in [0.2, 0.25) is 0 Å². The van der Waals surface area contributed by atoms with Gasteiger partial charge in [0.15, 0.2) is 0 Å². The van der Waals surface area contributed by atoms with Crippen molar-refractivity contribution in [3.8, 4) is 0 Å². The second-order valence-electron chi connectivity index (χ2n) is 5.85. The van der Waals surface area contributed by atoms with Gasteiger partial charge in [0.25, 0.3) is 0 Å². The highest BCUT2D eigenvalue weighted by Gasteiger charge is 2.32. The SMILES string of the molecule is COC1CCCC1N1CCC(C)NC(C)CC1. The van der Waals surface area contributed by atoms with E-state index in [4.69, 9.17) is 4.74 Å². The Labute approximate surface area is 106 Å². The van der Waals surface area contributed by atoms with E-state index >= 15 is 0 Å². The topological polar surface area (TPSA) is 24.5 Å². The molecular formula is C14H28N2O. The van der Waals surface area contributed by atoms with Crippen molar-refractivity contribution in [2.45, 2.75) is 70.2 Å². The Kier molecular flexibility index (Phi) is 4.83. The third-order valence-corrected chi connectivity index (χ3v) is 4.46. The lowest BCUT2D eigenvalue weighted by molar-refractivity contribution is 0.0271. The van der Waals surface area contributed by atoms with Crippen LogP contribution in [-0.4, -0.2) is 49.3 Å². The lowest BCUT2D eigenvalue weighted by Gasteiger charge is -2.36. The summed E-state index contributed by atoms with van der Waals surface area (Å²) in [4.78, 5) is 2.69. The fourth-order valence-corrected chi connectivity index (χ4v) is 3.41. The molecule has 1 N–H and O–H groups in total. The Morgan fingerprint density at radius 2 is 1.65 bits per heavy atom. The van der Waals surface area contributed by atoms with Crippen LogP contribution in [0.4, 0.5) is 0 Å². The van der Waals surface area contributed by atoms with Gasteiger partial charge in [-0.2, -0.15) is 0 Å². The van der Waals surface area contributed by atoms with Crippen LogP contribution in [0.5, 0.6) is 0 Å². The van der Waals surface area contributed by atoms with Gasteiger partial charge in [-0.1, -0.05) is 0 Å². The van der Waals surface area contributed by atoms with Gasteiger partial charge in [-0.3, -0.25) is 4.90 Å². The van der Waals surface area contributed by atoms with Gasteiger partial charge in [-0.05, 0) is 46.0 Å². The summed E-state index contributed by atoms with van der Waals surface area (Å²) in [5.74, 6) is 0. The fourth-order valence-electron chi connectivity index (χ4n) is 3.41. The second-order valence-corrected chi connectivity index (χ2v) is 5.85. The zero-order valence-electron chi connectivity index (χ0n) is 11.6. The summed E-state index contributed by atoms with van der Waals surface area (Å²) in [6.45, 7) is 7.07. The van der Waals surface area contributed by atoms with Crippen LogP contribution >= 0.6 is 0 Å². The fraction of sp³-hybridized carbons (Fsp3) is 1.00. The maximum atomic E-state index is 5.65. The number of methoxy groups -OCH3 is 1. The maximum Gasteiger partial charge on any atom is 0.0726 e. The van der Waals surface area contributed by atoms with E-state index in [9.17, 15) is 0 Å². The third-order valence-electron chi connectivity index (χ3n) is 4.46. The summed E-state index contributed by atoms with van der Waals surface area (Å²) >= 11 is 0. The van der Waals surface area contributed by atoms with Gasteiger partial charge < -0.3 is 10.1 Å². The lowest BCUT2D eigenvalue weighted by Crippen LogP contribution is -2.48. The highest BCUT2D eigenvalue weighted by atomic mass is 16.5. The van der Waals surface area contributed by atoms with Crippen molar-refractivity contribution in [2.24, 2.45) is 0 Å². The average molecular weight is 240 g/mol. The molecular weight excluding hydrogens is 212 g/mol. The number of ether oxygens (including phenoxy) is 1. The molecule has 1 saturated carbocycles. The molecule has 1 saturated heterocycles. The van der Waals surface area contributed by atoms with Crippen LogP contribution in [-0.2, 0) is 4.74 Å². The van der Waals surface area contributed by atoms with Crippen molar-refractivity contribution in [3.63, 3.8) is 0 Å². The molecule has 0 aromatic heterocycles. The van der Waals surface area contributed by atoms with Crippen molar-refractivity contribution < 1.29 is 4.74 Å². The first-order valence-electron chi connectivity index (χ1n) is 7.23. The average Bonchev–Trinajstić information content (AvgIpc) is 2.75. The summed E-state index contributed by atoms with van der Waals surface area (Å²) in [6, 6.07) is 1.97.